The molecule has 8 aliphatic rings. The van der Waals surface area contributed by atoms with Crippen molar-refractivity contribution in [1.29, 1.82) is 10.5 Å². The van der Waals surface area contributed by atoms with Crippen LogP contribution in [0.25, 0.3) is 0 Å². The Morgan fingerprint density at radius 3 is 1.38 bits per heavy atom. The SMILES string of the molecule is CCCC(=O)Cl.CCCC(=O)Oc1c(C)c(C)cc2c1[C@@H]1C3Cc4c(O)c(C)c5c(c4[C@H](CNC(=O)CCc4ccccc4)N3[C@@H](C#N)[C@H](C2)N1C)OCO5.Cc1cc2c(c(O)c1C)[C@@H]1C3Cc4c(O)c(C)c5c(c4[C@H](CNC(=O)CCc4ccccc4)N3[C@@H](C#N)[C@H](C2)N1C)OCO5.[Ac].[Ac]. The van der Waals surface area contributed by atoms with Crippen LogP contribution in [0, 0.1) is 152 Å². The number of piperazine rings is 2. The van der Waals surface area contributed by atoms with Crippen molar-refractivity contribution in [3.8, 4) is 58.1 Å². The van der Waals surface area contributed by atoms with Gasteiger partial charge in [-0.1, -0.05) is 86.6 Å². The molecule has 2 unspecified atom stereocenters. The van der Waals surface area contributed by atoms with Gasteiger partial charge in [0, 0.05) is 196 Å². The third-order valence-corrected chi connectivity index (χ3v) is 22.2. The smallest absolute Gasteiger partial charge is 0.311 e. The van der Waals surface area contributed by atoms with E-state index in [9.17, 15) is 45.0 Å². The molecule has 2 saturated heterocycles. The van der Waals surface area contributed by atoms with E-state index in [2.05, 4.69) is 54.5 Å². The Labute approximate surface area is 668 Å². The number of aryl methyl sites for hydroxylation is 4. The van der Waals surface area contributed by atoms with E-state index >= 15 is 0 Å². The van der Waals surface area contributed by atoms with Crippen molar-refractivity contribution in [3.05, 3.63) is 162 Å². The van der Waals surface area contributed by atoms with E-state index in [1.54, 1.807) is 0 Å². The molecule has 5 N–H and O–H groups in total. The normalized spacial score (nSPS) is 22.8. The number of nitrogens with one attached hydrogen (secondary N) is 2. The van der Waals surface area contributed by atoms with Gasteiger partial charge >= 0.3 is 5.97 Å². The number of ether oxygens (including phenoxy) is 5. The van der Waals surface area contributed by atoms with Gasteiger partial charge < -0.3 is 49.6 Å². The number of phenolic OH excluding ortho intramolecular Hbond substituents is 3. The van der Waals surface area contributed by atoms with Crippen LogP contribution in [0.15, 0.2) is 72.8 Å². The number of rotatable bonds is 15. The first kappa shape index (κ1) is 77.6. The van der Waals surface area contributed by atoms with Crippen molar-refractivity contribution in [2.75, 3.05) is 40.8 Å². The minimum Gasteiger partial charge on any atom is -0.507 e. The monoisotopic (exact) mass is 1820 g/mol. The van der Waals surface area contributed by atoms with E-state index in [0.29, 0.717) is 116 Å². The van der Waals surface area contributed by atoms with Crippen LogP contribution >= 0.6 is 11.6 Å². The third kappa shape index (κ3) is 14.8. The molecular weight excluding hydrogens is 1730 g/mol. The Morgan fingerprint density at radius 1 is 0.545 bits per heavy atom. The Kier molecular flexibility index (Phi) is 25.3. The van der Waals surface area contributed by atoms with Gasteiger partial charge in [-0.05, 0) is 163 Å². The number of nitrogens with zero attached hydrogens (tertiary/aromatic N) is 6. The number of halogens is 1. The van der Waals surface area contributed by atoms with Crippen molar-refractivity contribution in [3.63, 3.8) is 0 Å². The molecule has 4 bridgehead atoms. The summed E-state index contributed by atoms with van der Waals surface area (Å²) in [6.45, 7) is 16.0. The molecule has 2 radical (unpaired) electrons. The van der Waals surface area contributed by atoms with Gasteiger partial charge in [-0.25, -0.2) is 0 Å². The number of carbonyl (C=O) groups excluding carboxylic acids is 4. The molecule has 0 aliphatic carbocycles. The Hall–Kier alpha value is -6.01. The predicted octanol–water partition coefficient (Wildman–Crippen LogP) is 11.1. The van der Waals surface area contributed by atoms with Crippen molar-refractivity contribution in [2.45, 2.75) is 193 Å². The summed E-state index contributed by atoms with van der Waals surface area (Å²) in [7, 11) is 4.09. The summed E-state index contributed by atoms with van der Waals surface area (Å²) >= 11 is 4.94. The van der Waals surface area contributed by atoms with Crippen LogP contribution in [0.5, 0.6) is 46.0 Å². The van der Waals surface area contributed by atoms with Gasteiger partial charge in [0.15, 0.2) is 23.0 Å². The third-order valence-electron chi connectivity index (χ3n) is 22.0. The zero-order valence-corrected chi connectivity index (χ0v) is 69.5. The van der Waals surface area contributed by atoms with Crippen LogP contribution in [-0.2, 0) is 57.7 Å². The van der Waals surface area contributed by atoms with Gasteiger partial charge in [-0.15, -0.1) is 0 Å². The van der Waals surface area contributed by atoms with Gasteiger partial charge in [0.2, 0.25) is 30.6 Å². The maximum absolute atomic E-state index is 13.4. The summed E-state index contributed by atoms with van der Waals surface area (Å²) in [5.41, 5.74) is 14.3. The predicted molar refractivity (Wildman–Crippen MR) is 372 cm³/mol. The molecule has 20 nitrogen and oxygen atoms in total. The Morgan fingerprint density at radius 2 is 0.960 bits per heavy atom. The van der Waals surface area contributed by atoms with Gasteiger partial charge in [0.25, 0.3) is 0 Å². The molecule has 8 heterocycles. The zero-order chi connectivity index (χ0) is 70.4. The number of likely N-dealkylation sites (N-methyl/N-ethyl adjacent to an activating group) is 2. The molecule has 23 heteroatoms. The quantitative estimate of drug-likeness (QED) is 0.0364. The average molecular weight is 1820 g/mol. The molecule has 10 atom stereocenters. The first-order valence-electron chi connectivity index (χ1n) is 34.6. The number of phenols is 3. The molecule has 0 aromatic heterocycles. The van der Waals surface area contributed by atoms with Crippen LogP contribution < -0.4 is 34.3 Å². The molecule has 526 valence electrons. The van der Waals surface area contributed by atoms with E-state index in [4.69, 9.17) is 35.3 Å². The molecule has 0 spiro atoms. The number of hydrogen-bond donors (Lipinski definition) is 5. The second-order valence-electron chi connectivity index (χ2n) is 27.6. The van der Waals surface area contributed by atoms with Crippen LogP contribution in [0.1, 0.15) is 166 Å². The topological polar surface area (TPSA) is 260 Å². The van der Waals surface area contributed by atoms with Crippen LogP contribution in [0.2, 0.25) is 0 Å². The summed E-state index contributed by atoms with van der Waals surface area (Å²) in [5.74, 6) is 2.90. The van der Waals surface area contributed by atoms with Crippen molar-refractivity contribution < 1.29 is 146 Å². The Balaban J connectivity index is 0.000000199. The van der Waals surface area contributed by atoms with Gasteiger partial charge in [-0.3, -0.25) is 38.8 Å². The second-order valence-corrected chi connectivity index (χ2v) is 28.0. The molecule has 101 heavy (non-hydrogen) atoms. The molecule has 6 aromatic rings. The summed E-state index contributed by atoms with van der Waals surface area (Å²) in [5, 5.41) is 62.6. The summed E-state index contributed by atoms with van der Waals surface area (Å²) < 4.78 is 30.0. The standard InChI is InChI=1S/C39H44N4O6.C35H38N4O5.C4H7ClO.2Ac/c1-6-10-32(45)49-37-22(3)21(2)15-25-16-27-29(18-40)43-28(35(33(25)37)42(27)5)17-26-34(39-38(47-20-48-39)23(4)36(26)46)30(43)19-41-31(44)14-13-24-11-8-7-9-12-24;1-18-12-22-13-24-26(15-36)39-25(31(38(24)4)29(22)33(42)19(18)2)14-23-30(35-34(43-17-44-35)20(3)32(23)41)27(39)16-37-28(40)11-10-21-8-6-5-7-9-21;1-2-3-4(5)6;;/h7-9,11-12,15,27-30,35,46H,6,10,13-14,16-17,19-20H2,1-5H3,(H,41,44);5-9,12,24-27,31,41-42H,10-11,13-14,16-17H2,1-4H3,(H,37,40);2-3H2,1H3;;/t27-,28?,29-,30-,35-;24-,25?,26-,27-,31-;;;/m00.../s1. The maximum Gasteiger partial charge on any atom is 0.311 e. The minimum atomic E-state index is -0.534. The second kappa shape index (κ2) is 33.0. The molecule has 8 aliphatic heterocycles. The van der Waals surface area contributed by atoms with E-state index < -0.39 is 24.2 Å². The van der Waals surface area contributed by atoms with Crippen molar-refractivity contribution in [2.24, 2.45) is 0 Å². The number of amides is 2. The fraction of sp³-hybridized carbons (Fsp3) is 0.462. The Bertz CT molecular complexity index is 4250. The molecule has 0 saturated carbocycles. The largest absolute Gasteiger partial charge is 0.507 e. The molecule has 6 aromatic carbocycles. The van der Waals surface area contributed by atoms with Crippen molar-refractivity contribution in [1.82, 2.24) is 30.2 Å². The number of nitriles is 2. The summed E-state index contributed by atoms with van der Waals surface area (Å²) in [6, 6.07) is 26.1. The van der Waals surface area contributed by atoms with Gasteiger partial charge in [0.05, 0.1) is 36.3 Å². The molecule has 2 fully saturated rings. The summed E-state index contributed by atoms with van der Waals surface area (Å²) in [4.78, 5) is 58.4. The van der Waals surface area contributed by atoms with E-state index in [-0.39, 0.29) is 186 Å². The number of esters is 1. The van der Waals surface area contributed by atoms with Gasteiger partial charge in [-0.2, -0.15) is 10.5 Å². The number of aromatic hydroxyl groups is 3. The van der Waals surface area contributed by atoms with E-state index in [1.807, 2.05) is 130 Å². The van der Waals surface area contributed by atoms with Crippen LogP contribution in [0.3, 0.4) is 0 Å². The van der Waals surface area contributed by atoms with Crippen molar-refractivity contribution >= 4 is 34.6 Å². The number of benzene rings is 6. The minimum absolute atomic E-state index is 0. The van der Waals surface area contributed by atoms with Gasteiger partial charge in [0.1, 0.15) is 35.1 Å². The fourth-order valence-corrected chi connectivity index (χ4v) is 17.1. The molecule has 14 rings (SSSR count). The summed E-state index contributed by atoms with van der Waals surface area (Å²) in [6.07, 6.45) is 6.32. The van der Waals surface area contributed by atoms with Crippen LogP contribution in [-0.4, -0.2) is 135 Å². The number of hydrogen-bond acceptors (Lipinski definition) is 18. The first-order valence-corrected chi connectivity index (χ1v) is 35.0. The molecular formula is C78H89Ac2ClN8O12. The van der Waals surface area contributed by atoms with E-state index in [0.717, 1.165) is 84.3 Å². The molecule has 2 amide bonds. The van der Waals surface area contributed by atoms with E-state index in [1.165, 1.54) is 0 Å². The number of fused-ring (bicyclic) bond motifs is 18. The fourth-order valence-electron chi connectivity index (χ4n) is 16.9. The average Bonchev–Trinajstić information content (AvgIpc) is 1.36. The zero-order valence-electron chi connectivity index (χ0n) is 59.2. The number of carbonyl (C=O) groups is 4. The maximum atomic E-state index is 13.4. The first-order chi connectivity index (χ1) is 47.6. The van der Waals surface area contributed by atoms with Crippen LogP contribution in [0.4, 0.5) is 0 Å².